The Bertz CT molecular complexity index is 881. The molecule has 3 fully saturated rings. The Balaban J connectivity index is 2.07. The molecular weight excluding hydrogens is 316 g/mol. The summed E-state index contributed by atoms with van der Waals surface area (Å²) in [4.78, 5) is 4.23. The minimum atomic E-state index is -1.43. The van der Waals surface area contributed by atoms with Gasteiger partial charge in [0.05, 0.1) is 24.2 Å². The van der Waals surface area contributed by atoms with Gasteiger partial charge >= 0.3 is 0 Å². The maximum atomic E-state index is 10.3. The molecule has 1 aromatic rings. The van der Waals surface area contributed by atoms with Crippen LogP contribution in [0.3, 0.4) is 0 Å². The normalized spacial score (nSPS) is 41.0. The predicted octanol–water partition coefficient (Wildman–Crippen LogP) is 2.98. The van der Waals surface area contributed by atoms with Crippen LogP contribution in [-0.2, 0) is 9.47 Å². The highest BCUT2D eigenvalue weighted by atomic mass is 16.7. The number of amidine groups is 1. The van der Waals surface area contributed by atoms with Crippen LogP contribution >= 0.6 is 0 Å². The van der Waals surface area contributed by atoms with Gasteiger partial charge in [0.15, 0.2) is 10.8 Å². The van der Waals surface area contributed by atoms with E-state index in [0.29, 0.717) is 0 Å². The zero-order valence-corrected chi connectivity index (χ0v) is 14.3. The Morgan fingerprint density at radius 3 is 2.36 bits per heavy atom. The predicted molar refractivity (Wildman–Crippen MR) is 89.6 cm³/mol. The van der Waals surface area contributed by atoms with Crippen LogP contribution < -0.4 is 0 Å². The second-order valence-corrected chi connectivity index (χ2v) is 7.35. The quantitative estimate of drug-likeness (QED) is 0.898. The van der Waals surface area contributed by atoms with E-state index < -0.39 is 28.6 Å². The van der Waals surface area contributed by atoms with Crippen LogP contribution in [0.1, 0.15) is 32.3 Å². The minimum absolute atomic E-state index is 0.0385. The van der Waals surface area contributed by atoms with Gasteiger partial charge in [0, 0.05) is 6.92 Å². The van der Waals surface area contributed by atoms with Crippen molar-refractivity contribution in [2.75, 3.05) is 0 Å². The number of benzene rings is 1. The summed E-state index contributed by atoms with van der Waals surface area (Å²) in [5.41, 5.74) is -2.04. The van der Waals surface area contributed by atoms with E-state index in [2.05, 4.69) is 17.1 Å². The van der Waals surface area contributed by atoms with E-state index in [4.69, 9.17) is 14.9 Å². The van der Waals surface area contributed by atoms with Crippen molar-refractivity contribution in [3.63, 3.8) is 0 Å². The molecule has 1 aromatic carbocycles. The molecule has 3 saturated heterocycles. The van der Waals surface area contributed by atoms with Crippen molar-refractivity contribution in [2.45, 2.75) is 38.6 Å². The maximum absolute atomic E-state index is 10.3. The van der Waals surface area contributed by atoms with E-state index in [-0.39, 0.29) is 17.7 Å². The highest BCUT2D eigenvalue weighted by Gasteiger charge is 2.83. The third kappa shape index (κ3) is 1.52. The SMILES string of the molecule is CC(C)[C@@H]1O[C@@]2(C)OC3=NC(=N)[C@](C#N)([C@@H]2c2ccccc2)[C@@]31C#N. The van der Waals surface area contributed by atoms with Crippen LogP contribution in [0.4, 0.5) is 0 Å². The fraction of sp³-hybridized carbons (Fsp3) is 0.474. The van der Waals surface area contributed by atoms with Gasteiger partial charge in [0.2, 0.25) is 11.7 Å². The average Bonchev–Trinajstić information content (AvgIpc) is 2.79. The number of fused-ring (bicyclic) bond motifs is 1. The first kappa shape index (κ1) is 15.8. The molecule has 0 aliphatic carbocycles. The lowest BCUT2D eigenvalue weighted by Crippen LogP contribution is -2.73. The van der Waals surface area contributed by atoms with E-state index >= 15 is 0 Å². The molecule has 6 heteroatoms. The molecule has 126 valence electrons. The van der Waals surface area contributed by atoms with Crippen LogP contribution in [0.25, 0.3) is 0 Å². The fourth-order valence-electron chi connectivity index (χ4n) is 4.76. The second-order valence-electron chi connectivity index (χ2n) is 7.35. The Morgan fingerprint density at radius 1 is 1.16 bits per heavy atom. The van der Waals surface area contributed by atoms with E-state index in [1.165, 1.54) is 0 Å². The van der Waals surface area contributed by atoms with Crippen LogP contribution in [0.2, 0.25) is 0 Å². The van der Waals surface area contributed by atoms with Crippen molar-refractivity contribution >= 4 is 11.7 Å². The Morgan fingerprint density at radius 2 is 1.80 bits per heavy atom. The summed E-state index contributed by atoms with van der Waals surface area (Å²) in [5, 5.41) is 29.0. The number of nitriles is 2. The first-order valence-electron chi connectivity index (χ1n) is 8.30. The van der Waals surface area contributed by atoms with Crippen LogP contribution in [0.15, 0.2) is 35.3 Å². The molecule has 4 bridgehead atoms. The van der Waals surface area contributed by atoms with Crippen LogP contribution in [-0.4, -0.2) is 23.6 Å². The maximum Gasteiger partial charge on any atom is 0.218 e. The van der Waals surface area contributed by atoms with Gasteiger partial charge in [-0.1, -0.05) is 44.2 Å². The summed E-state index contributed by atoms with van der Waals surface area (Å²) in [6.45, 7) is 5.67. The lowest BCUT2D eigenvalue weighted by Gasteiger charge is -2.61. The van der Waals surface area contributed by atoms with E-state index in [9.17, 15) is 10.5 Å². The topological polar surface area (TPSA) is 102 Å². The van der Waals surface area contributed by atoms with Crippen molar-refractivity contribution in [1.29, 1.82) is 15.9 Å². The molecule has 25 heavy (non-hydrogen) atoms. The van der Waals surface area contributed by atoms with Gasteiger partial charge in [-0.05, 0) is 11.5 Å². The molecule has 5 rings (SSSR count). The summed E-state index contributed by atoms with van der Waals surface area (Å²) < 4.78 is 12.3. The van der Waals surface area contributed by atoms with Crippen molar-refractivity contribution in [3.8, 4) is 12.1 Å². The number of nitrogens with one attached hydrogen (secondary N) is 1. The molecular formula is C19H18N4O2. The third-order valence-electron chi connectivity index (χ3n) is 5.68. The van der Waals surface area contributed by atoms with Gasteiger partial charge < -0.3 is 9.47 Å². The monoisotopic (exact) mass is 334 g/mol. The Labute approximate surface area is 146 Å². The van der Waals surface area contributed by atoms with Crippen LogP contribution in [0.5, 0.6) is 0 Å². The molecule has 0 aromatic heterocycles. The van der Waals surface area contributed by atoms with Crippen molar-refractivity contribution in [1.82, 2.24) is 0 Å². The van der Waals surface area contributed by atoms with Crippen LogP contribution in [0, 0.1) is 44.8 Å². The van der Waals surface area contributed by atoms with Gasteiger partial charge in [-0.3, -0.25) is 5.41 Å². The van der Waals surface area contributed by atoms with E-state index in [1.54, 1.807) is 6.92 Å². The van der Waals surface area contributed by atoms with Gasteiger partial charge in [-0.25, -0.2) is 0 Å². The number of rotatable bonds is 2. The molecule has 4 heterocycles. The lowest BCUT2D eigenvalue weighted by atomic mass is 9.49. The first-order valence-corrected chi connectivity index (χ1v) is 8.30. The van der Waals surface area contributed by atoms with E-state index in [1.807, 2.05) is 44.2 Å². The molecule has 0 spiro atoms. The summed E-state index contributed by atoms with van der Waals surface area (Å²) in [7, 11) is 0. The standard InChI is InChI=1S/C19H18N4O2/c1-11(2)14-19(10-21)16-23-15(22)18(19,9-20)13(17(3,24-14)25-16)12-7-5-4-6-8-12/h4-8,11,13-14,22H,1-3H3/t13-,14+,17+,18+,19-/m1/s1. The largest absolute Gasteiger partial charge is 0.447 e. The molecule has 0 radical (unpaired) electrons. The zero-order valence-electron chi connectivity index (χ0n) is 14.3. The molecule has 1 N–H and O–H groups in total. The highest BCUT2D eigenvalue weighted by molar-refractivity contribution is 6.13. The van der Waals surface area contributed by atoms with E-state index in [0.717, 1.165) is 5.56 Å². The van der Waals surface area contributed by atoms with Gasteiger partial charge in [-0.2, -0.15) is 15.5 Å². The van der Waals surface area contributed by atoms with Gasteiger partial charge in [-0.15, -0.1) is 0 Å². The summed E-state index contributed by atoms with van der Waals surface area (Å²) in [6.07, 6.45) is -0.572. The molecule has 6 nitrogen and oxygen atoms in total. The number of hydrogen-bond donors (Lipinski definition) is 1. The summed E-state index contributed by atoms with van der Waals surface area (Å²) in [6, 6.07) is 14.0. The summed E-state index contributed by atoms with van der Waals surface area (Å²) in [5.74, 6) is -1.78. The highest BCUT2D eigenvalue weighted by Crippen LogP contribution is 2.69. The minimum Gasteiger partial charge on any atom is -0.447 e. The molecule has 5 atom stereocenters. The molecule has 0 saturated carbocycles. The molecule has 0 unspecified atom stereocenters. The van der Waals surface area contributed by atoms with Crippen molar-refractivity contribution in [2.24, 2.45) is 21.7 Å². The summed E-state index contributed by atoms with van der Waals surface area (Å²) >= 11 is 0. The molecule has 4 aliphatic rings. The van der Waals surface area contributed by atoms with Gasteiger partial charge in [0.25, 0.3) is 0 Å². The first-order chi connectivity index (χ1) is 11.9. The smallest absolute Gasteiger partial charge is 0.218 e. The average molecular weight is 334 g/mol. The zero-order chi connectivity index (χ0) is 18.0. The lowest BCUT2D eigenvalue weighted by molar-refractivity contribution is -0.321. The number of ether oxygens (including phenoxy) is 2. The third-order valence-corrected chi connectivity index (χ3v) is 5.68. The molecule has 0 amide bonds. The van der Waals surface area contributed by atoms with Crippen molar-refractivity contribution < 1.29 is 9.47 Å². The Kier molecular flexibility index (Phi) is 2.96. The number of aliphatic imine (C=N–C) groups is 1. The Hall–Kier alpha value is -2.70. The fourth-order valence-corrected chi connectivity index (χ4v) is 4.76. The van der Waals surface area contributed by atoms with Gasteiger partial charge in [0.1, 0.15) is 5.84 Å². The molecule has 4 aliphatic heterocycles. The van der Waals surface area contributed by atoms with Crippen molar-refractivity contribution in [3.05, 3.63) is 35.9 Å². The number of hydrogen-bond acceptors (Lipinski definition) is 5. The number of nitrogens with zero attached hydrogens (tertiary/aromatic N) is 3. The second kappa shape index (κ2) is 4.68.